The van der Waals surface area contributed by atoms with Crippen molar-refractivity contribution in [1.82, 2.24) is 15.6 Å². The molecule has 0 radical (unpaired) electrons. The highest BCUT2D eigenvalue weighted by Gasteiger charge is 2.17. The molecule has 3 rings (SSSR count). The van der Waals surface area contributed by atoms with Crippen molar-refractivity contribution in [1.29, 1.82) is 0 Å². The summed E-state index contributed by atoms with van der Waals surface area (Å²) in [5, 5.41) is 6.60. The number of fused-ring (bicyclic) bond motifs is 1. The summed E-state index contributed by atoms with van der Waals surface area (Å²) in [4.78, 5) is 29.1. The van der Waals surface area contributed by atoms with E-state index in [0.717, 1.165) is 26.5 Å². The molecule has 1 aromatic heterocycles. The summed E-state index contributed by atoms with van der Waals surface area (Å²) in [7, 11) is 1.60. The van der Waals surface area contributed by atoms with Crippen molar-refractivity contribution in [3.63, 3.8) is 0 Å². The molecule has 156 valence electrons. The molecule has 0 aliphatic carbocycles. The first-order chi connectivity index (χ1) is 14.4. The average molecular weight is 424 g/mol. The third kappa shape index (κ3) is 5.90. The zero-order chi connectivity index (χ0) is 21.5. The topological polar surface area (TPSA) is 80.3 Å². The van der Waals surface area contributed by atoms with E-state index in [4.69, 9.17) is 4.74 Å². The Morgan fingerprint density at radius 2 is 1.83 bits per heavy atom. The van der Waals surface area contributed by atoms with E-state index in [1.54, 1.807) is 31.4 Å². The third-order valence-corrected chi connectivity index (χ3v) is 5.56. The Balaban J connectivity index is 1.47. The molecule has 0 bridgehead atoms. The summed E-state index contributed by atoms with van der Waals surface area (Å²) in [5.74, 6) is 0.198. The fraction of sp³-hybridized carbons (Fsp3) is 0.261. The maximum Gasteiger partial charge on any atom is 0.244 e. The largest absolute Gasteiger partial charge is 0.497 e. The van der Waals surface area contributed by atoms with Gasteiger partial charge >= 0.3 is 0 Å². The molecule has 0 spiro atoms. The number of carbonyl (C=O) groups excluding carboxylic acids is 2. The maximum atomic E-state index is 12.4. The van der Waals surface area contributed by atoms with Crippen LogP contribution in [-0.4, -0.2) is 36.0 Å². The standard InChI is InChI=1S/C23H25N3O3S/c1-15(14-22-26-19-6-4-5-7-20(19)30-22)24-23(28)16(2)25-21(27)13-10-17-8-11-18(29-3)12-9-17/h4-13,15-16H,14H2,1-3H3,(H,24,28)(H,25,27). The minimum Gasteiger partial charge on any atom is -0.497 e. The van der Waals surface area contributed by atoms with Crippen LogP contribution in [0.3, 0.4) is 0 Å². The number of amides is 2. The molecule has 0 saturated carbocycles. The van der Waals surface area contributed by atoms with Gasteiger partial charge in [-0.3, -0.25) is 9.59 Å². The van der Waals surface area contributed by atoms with Crippen LogP contribution in [-0.2, 0) is 16.0 Å². The molecule has 0 aliphatic rings. The number of methoxy groups -OCH3 is 1. The van der Waals surface area contributed by atoms with Gasteiger partial charge in [0.05, 0.1) is 22.3 Å². The molecule has 0 aliphatic heterocycles. The van der Waals surface area contributed by atoms with Crippen LogP contribution in [0.4, 0.5) is 0 Å². The van der Waals surface area contributed by atoms with Gasteiger partial charge in [-0.15, -0.1) is 11.3 Å². The van der Waals surface area contributed by atoms with Gasteiger partial charge in [0.25, 0.3) is 0 Å². The van der Waals surface area contributed by atoms with Crippen LogP contribution in [0.5, 0.6) is 5.75 Å². The lowest BCUT2D eigenvalue weighted by Gasteiger charge is -2.17. The van der Waals surface area contributed by atoms with Gasteiger partial charge in [-0.25, -0.2) is 4.98 Å². The molecular weight excluding hydrogens is 398 g/mol. The van der Waals surface area contributed by atoms with E-state index >= 15 is 0 Å². The zero-order valence-electron chi connectivity index (χ0n) is 17.2. The highest BCUT2D eigenvalue weighted by atomic mass is 32.1. The van der Waals surface area contributed by atoms with Crippen LogP contribution in [0.25, 0.3) is 16.3 Å². The summed E-state index contributed by atoms with van der Waals surface area (Å²) in [6.45, 7) is 3.60. The van der Waals surface area contributed by atoms with Crippen molar-refractivity contribution in [2.24, 2.45) is 0 Å². The number of nitrogens with one attached hydrogen (secondary N) is 2. The molecule has 3 aromatic rings. The van der Waals surface area contributed by atoms with Crippen LogP contribution in [0, 0.1) is 0 Å². The van der Waals surface area contributed by atoms with Gasteiger partial charge in [-0.2, -0.15) is 0 Å². The predicted molar refractivity (Wildman–Crippen MR) is 121 cm³/mol. The molecule has 2 atom stereocenters. The predicted octanol–water partition coefficient (Wildman–Crippen LogP) is 3.57. The number of hydrogen-bond acceptors (Lipinski definition) is 5. The van der Waals surface area contributed by atoms with Crippen molar-refractivity contribution in [2.75, 3.05) is 7.11 Å². The molecule has 2 unspecified atom stereocenters. The first-order valence-electron chi connectivity index (χ1n) is 9.72. The molecule has 0 fully saturated rings. The number of rotatable bonds is 8. The van der Waals surface area contributed by atoms with Gasteiger partial charge in [0, 0.05) is 18.5 Å². The Morgan fingerprint density at radius 3 is 2.53 bits per heavy atom. The monoisotopic (exact) mass is 423 g/mol. The number of hydrogen-bond donors (Lipinski definition) is 2. The van der Waals surface area contributed by atoms with Gasteiger partial charge in [0.2, 0.25) is 11.8 Å². The van der Waals surface area contributed by atoms with E-state index in [1.165, 1.54) is 6.08 Å². The highest BCUT2D eigenvalue weighted by Crippen LogP contribution is 2.22. The van der Waals surface area contributed by atoms with E-state index in [9.17, 15) is 9.59 Å². The Morgan fingerprint density at radius 1 is 1.10 bits per heavy atom. The Kier molecular flexibility index (Phi) is 7.19. The average Bonchev–Trinajstić information content (AvgIpc) is 3.14. The minimum absolute atomic E-state index is 0.0905. The number of carbonyl (C=O) groups is 2. The van der Waals surface area contributed by atoms with Gasteiger partial charge < -0.3 is 15.4 Å². The summed E-state index contributed by atoms with van der Waals surface area (Å²) in [6, 6.07) is 14.6. The van der Waals surface area contributed by atoms with E-state index in [-0.39, 0.29) is 17.9 Å². The summed E-state index contributed by atoms with van der Waals surface area (Å²) >= 11 is 1.63. The summed E-state index contributed by atoms with van der Waals surface area (Å²) < 4.78 is 6.24. The van der Waals surface area contributed by atoms with Crippen LogP contribution >= 0.6 is 11.3 Å². The molecule has 30 heavy (non-hydrogen) atoms. The van der Waals surface area contributed by atoms with Gasteiger partial charge in [0.1, 0.15) is 11.8 Å². The first-order valence-corrected chi connectivity index (χ1v) is 10.5. The van der Waals surface area contributed by atoms with Crippen molar-refractivity contribution < 1.29 is 14.3 Å². The van der Waals surface area contributed by atoms with E-state index in [1.807, 2.05) is 55.5 Å². The van der Waals surface area contributed by atoms with Crippen LogP contribution in [0.2, 0.25) is 0 Å². The molecular formula is C23H25N3O3S. The Bertz CT molecular complexity index is 1010. The molecule has 2 N–H and O–H groups in total. The normalized spacial score (nSPS) is 13.2. The van der Waals surface area contributed by atoms with Crippen LogP contribution < -0.4 is 15.4 Å². The molecule has 6 nitrogen and oxygen atoms in total. The van der Waals surface area contributed by atoms with E-state index in [0.29, 0.717) is 6.42 Å². The quantitative estimate of drug-likeness (QED) is 0.543. The van der Waals surface area contributed by atoms with Crippen LogP contribution in [0.1, 0.15) is 24.4 Å². The second-order valence-electron chi connectivity index (χ2n) is 7.03. The van der Waals surface area contributed by atoms with Crippen molar-refractivity contribution in [3.8, 4) is 5.75 Å². The lowest BCUT2D eigenvalue weighted by Crippen LogP contribution is -2.47. The number of ether oxygens (including phenoxy) is 1. The SMILES string of the molecule is COc1ccc(C=CC(=O)NC(C)C(=O)NC(C)Cc2nc3ccccc3s2)cc1. The summed E-state index contributed by atoms with van der Waals surface area (Å²) in [6.07, 6.45) is 3.74. The maximum absolute atomic E-state index is 12.4. The smallest absolute Gasteiger partial charge is 0.244 e. The minimum atomic E-state index is -0.643. The lowest BCUT2D eigenvalue weighted by atomic mass is 10.2. The third-order valence-electron chi connectivity index (χ3n) is 4.50. The molecule has 2 amide bonds. The molecule has 7 heteroatoms. The van der Waals surface area contributed by atoms with E-state index in [2.05, 4.69) is 15.6 Å². The van der Waals surface area contributed by atoms with Gasteiger partial charge in [-0.05, 0) is 49.8 Å². The number of benzene rings is 2. The zero-order valence-corrected chi connectivity index (χ0v) is 18.0. The van der Waals surface area contributed by atoms with E-state index < -0.39 is 6.04 Å². The highest BCUT2D eigenvalue weighted by molar-refractivity contribution is 7.18. The Labute approximate surface area is 180 Å². The number of aromatic nitrogens is 1. The van der Waals surface area contributed by atoms with Crippen molar-refractivity contribution in [3.05, 3.63) is 65.2 Å². The number of thiazole rings is 1. The molecule has 1 heterocycles. The number of para-hydroxylation sites is 1. The van der Waals surface area contributed by atoms with Gasteiger partial charge in [0.15, 0.2) is 0 Å². The Hall–Kier alpha value is -3.19. The van der Waals surface area contributed by atoms with Crippen molar-refractivity contribution in [2.45, 2.75) is 32.4 Å². The van der Waals surface area contributed by atoms with Gasteiger partial charge in [-0.1, -0.05) is 24.3 Å². The fourth-order valence-electron chi connectivity index (χ4n) is 2.90. The summed E-state index contributed by atoms with van der Waals surface area (Å²) in [5.41, 5.74) is 1.84. The fourth-order valence-corrected chi connectivity index (χ4v) is 4.00. The second-order valence-corrected chi connectivity index (χ2v) is 8.14. The first kappa shape index (κ1) is 21.5. The van der Waals surface area contributed by atoms with Crippen molar-refractivity contribution >= 4 is 39.4 Å². The number of nitrogens with zero attached hydrogens (tertiary/aromatic N) is 1. The molecule has 0 saturated heterocycles. The molecule has 2 aromatic carbocycles. The second kappa shape index (κ2) is 10.0. The lowest BCUT2D eigenvalue weighted by molar-refractivity contribution is -0.127. The van der Waals surface area contributed by atoms with Crippen LogP contribution in [0.15, 0.2) is 54.6 Å².